The van der Waals surface area contributed by atoms with Gasteiger partial charge >= 0.3 is 0 Å². The lowest BCUT2D eigenvalue weighted by Gasteiger charge is -2.40. The van der Waals surface area contributed by atoms with Gasteiger partial charge in [0.25, 0.3) is 0 Å². The largest absolute Gasteiger partial charge is 0.468 e. The fourth-order valence-electron chi connectivity index (χ4n) is 3.45. The van der Waals surface area contributed by atoms with Crippen LogP contribution in [0.15, 0.2) is 52.0 Å². The lowest BCUT2D eigenvalue weighted by molar-refractivity contribution is -0.0461. The molecule has 0 radical (unpaired) electrons. The van der Waals surface area contributed by atoms with Crippen molar-refractivity contribution in [3.63, 3.8) is 0 Å². The first-order chi connectivity index (χ1) is 11.5. The maximum atomic E-state index is 6.26. The summed E-state index contributed by atoms with van der Waals surface area (Å²) in [5.74, 6) is 1.35. The molecule has 0 amide bonds. The number of hydrogen-bond donors (Lipinski definition) is 0. The molecule has 0 aromatic heterocycles. The van der Waals surface area contributed by atoms with Crippen LogP contribution >= 0.6 is 15.9 Å². The van der Waals surface area contributed by atoms with Crippen LogP contribution in [0.3, 0.4) is 0 Å². The molecule has 2 aliphatic rings. The second-order valence-electron chi connectivity index (χ2n) is 6.95. The lowest BCUT2D eigenvalue weighted by Crippen LogP contribution is -2.43. The smallest absolute Gasteiger partial charge is 0.190 e. The lowest BCUT2D eigenvalue weighted by atomic mass is 9.95. The Morgan fingerprint density at radius 1 is 1.17 bits per heavy atom. The molecule has 0 N–H and O–H groups in total. The van der Waals surface area contributed by atoms with Gasteiger partial charge in [0.2, 0.25) is 0 Å². The predicted molar refractivity (Wildman–Crippen MR) is 100 cm³/mol. The molecule has 2 heterocycles. The van der Waals surface area contributed by atoms with E-state index in [-0.39, 0.29) is 12.3 Å². The van der Waals surface area contributed by atoms with Gasteiger partial charge in [-0.1, -0.05) is 59.6 Å². The van der Waals surface area contributed by atoms with Crippen molar-refractivity contribution >= 4 is 21.6 Å². The molecule has 0 aliphatic carbocycles. The molecule has 4 rings (SSSR count). The normalized spacial score (nSPS) is 22.0. The van der Waals surface area contributed by atoms with Gasteiger partial charge < -0.3 is 4.74 Å². The number of benzene rings is 2. The van der Waals surface area contributed by atoms with E-state index in [0.717, 1.165) is 22.4 Å². The number of hydrogen-bond acceptors (Lipinski definition) is 3. The molecule has 0 fully saturated rings. The third kappa shape index (κ3) is 2.63. The monoisotopic (exact) mass is 384 g/mol. The molecule has 2 aromatic rings. The Bertz CT molecular complexity index is 798. The maximum Gasteiger partial charge on any atom is 0.190 e. The molecule has 0 spiro atoms. The van der Waals surface area contributed by atoms with Gasteiger partial charge in [-0.2, -0.15) is 5.10 Å². The minimum atomic E-state index is -0.0216. The molecule has 4 heteroatoms. The summed E-state index contributed by atoms with van der Waals surface area (Å²) in [4.78, 5) is 0. The van der Waals surface area contributed by atoms with E-state index in [1.165, 1.54) is 16.7 Å². The van der Waals surface area contributed by atoms with Crippen molar-refractivity contribution in [1.29, 1.82) is 0 Å². The molecule has 0 unspecified atom stereocenters. The van der Waals surface area contributed by atoms with Crippen molar-refractivity contribution in [1.82, 2.24) is 5.01 Å². The number of fused-ring (bicyclic) bond motifs is 3. The summed E-state index contributed by atoms with van der Waals surface area (Å²) in [6.07, 6.45) is 0.894. The van der Waals surface area contributed by atoms with Crippen molar-refractivity contribution in [2.45, 2.75) is 39.5 Å². The average Bonchev–Trinajstić information content (AvgIpc) is 3.00. The van der Waals surface area contributed by atoms with E-state index >= 15 is 0 Å². The second kappa shape index (κ2) is 5.92. The SMILES string of the molecule is Cc1ccc(C2=NN3[C@@H](C(C)C)Oc4ccc(Br)cc4[C@@H]3C2)cc1. The van der Waals surface area contributed by atoms with Crippen LogP contribution in [0.25, 0.3) is 0 Å². The standard InChI is InChI=1S/C20H21BrN2O/c1-12(2)20-23-18(16-10-15(21)8-9-19(16)24-20)11-17(22-23)14-6-4-13(3)5-7-14/h4-10,12,18,20H,11H2,1-3H3/t18-,20+/m0/s1. The summed E-state index contributed by atoms with van der Waals surface area (Å²) in [6, 6.07) is 15.1. The Morgan fingerprint density at radius 2 is 1.92 bits per heavy atom. The fraction of sp³-hybridized carbons (Fsp3) is 0.350. The van der Waals surface area contributed by atoms with Crippen LogP contribution in [-0.2, 0) is 0 Å². The van der Waals surface area contributed by atoms with E-state index in [1.54, 1.807) is 0 Å². The number of nitrogens with zero attached hydrogens (tertiary/aromatic N) is 2. The Kier molecular flexibility index (Phi) is 3.87. The zero-order chi connectivity index (χ0) is 16.8. The van der Waals surface area contributed by atoms with Gasteiger partial charge in [0.15, 0.2) is 6.23 Å². The first-order valence-electron chi connectivity index (χ1n) is 8.42. The quantitative estimate of drug-likeness (QED) is 0.702. The molecule has 2 atom stereocenters. The van der Waals surface area contributed by atoms with E-state index in [9.17, 15) is 0 Å². The highest BCUT2D eigenvalue weighted by molar-refractivity contribution is 9.10. The summed E-state index contributed by atoms with van der Waals surface area (Å²) in [5.41, 5.74) is 4.83. The third-order valence-corrected chi connectivity index (χ3v) is 5.23. The van der Waals surface area contributed by atoms with E-state index < -0.39 is 0 Å². The summed E-state index contributed by atoms with van der Waals surface area (Å²) in [6.45, 7) is 6.48. The Balaban J connectivity index is 1.75. The Labute approximate surface area is 151 Å². The van der Waals surface area contributed by atoms with Gasteiger partial charge in [0.05, 0.1) is 11.8 Å². The summed E-state index contributed by atoms with van der Waals surface area (Å²) in [5, 5.41) is 7.11. The topological polar surface area (TPSA) is 24.8 Å². The average molecular weight is 385 g/mol. The van der Waals surface area contributed by atoms with Crippen LogP contribution in [0.1, 0.15) is 43.0 Å². The van der Waals surface area contributed by atoms with Crippen LogP contribution in [-0.4, -0.2) is 16.9 Å². The zero-order valence-corrected chi connectivity index (χ0v) is 15.7. The molecule has 124 valence electrons. The number of aryl methyl sites for hydroxylation is 1. The Morgan fingerprint density at radius 3 is 2.62 bits per heavy atom. The zero-order valence-electron chi connectivity index (χ0n) is 14.2. The minimum Gasteiger partial charge on any atom is -0.468 e. The van der Waals surface area contributed by atoms with Gasteiger partial charge in [-0.25, -0.2) is 5.01 Å². The Hall–Kier alpha value is -1.81. The molecular weight excluding hydrogens is 364 g/mol. The van der Waals surface area contributed by atoms with Crippen LogP contribution in [0.4, 0.5) is 0 Å². The van der Waals surface area contributed by atoms with E-state index in [0.29, 0.717) is 5.92 Å². The van der Waals surface area contributed by atoms with Gasteiger partial charge in [-0.15, -0.1) is 0 Å². The van der Waals surface area contributed by atoms with E-state index in [2.05, 4.69) is 78.1 Å². The van der Waals surface area contributed by atoms with Crippen LogP contribution in [0.2, 0.25) is 0 Å². The highest BCUT2D eigenvalue weighted by Gasteiger charge is 2.41. The summed E-state index contributed by atoms with van der Waals surface area (Å²) >= 11 is 3.59. The van der Waals surface area contributed by atoms with Crippen molar-refractivity contribution in [2.24, 2.45) is 11.0 Å². The number of halogens is 1. The molecule has 0 saturated heterocycles. The highest BCUT2D eigenvalue weighted by atomic mass is 79.9. The first kappa shape index (κ1) is 15.7. The van der Waals surface area contributed by atoms with Gasteiger partial charge in [0, 0.05) is 22.4 Å². The number of ether oxygens (including phenoxy) is 1. The van der Waals surface area contributed by atoms with Crippen molar-refractivity contribution in [3.05, 3.63) is 63.6 Å². The number of rotatable bonds is 2. The molecule has 2 aliphatic heterocycles. The molecule has 0 saturated carbocycles. The maximum absolute atomic E-state index is 6.26. The van der Waals surface area contributed by atoms with Crippen molar-refractivity contribution in [3.8, 4) is 5.75 Å². The van der Waals surface area contributed by atoms with Crippen LogP contribution in [0.5, 0.6) is 5.75 Å². The van der Waals surface area contributed by atoms with Crippen LogP contribution < -0.4 is 4.74 Å². The highest BCUT2D eigenvalue weighted by Crippen LogP contribution is 2.45. The fourth-order valence-corrected chi connectivity index (χ4v) is 3.83. The van der Waals surface area contributed by atoms with Gasteiger partial charge in [-0.3, -0.25) is 0 Å². The summed E-state index contributed by atoms with van der Waals surface area (Å²) in [7, 11) is 0. The van der Waals surface area contributed by atoms with Crippen molar-refractivity contribution < 1.29 is 4.74 Å². The third-order valence-electron chi connectivity index (χ3n) is 4.74. The molecule has 0 bridgehead atoms. The minimum absolute atomic E-state index is 0.0216. The van der Waals surface area contributed by atoms with Crippen LogP contribution in [0, 0.1) is 12.8 Å². The van der Waals surface area contributed by atoms with E-state index in [1.807, 2.05) is 6.07 Å². The molecule has 24 heavy (non-hydrogen) atoms. The molecular formula is C20H21BrN2O. The van der Waals surface area contributed by atoms with Gasteiger partial charge in [-0.05, 0) is 30.7 Å². The number of hydrazone groups is 1. The molecule has 3 nitrogen and oxygen atoms in total. The van der Waals surface area contributed by atoms with Gasteiger partial charge in [0.1, 0.15) is 5.75 Å². The van der Waals surface area contributed by atoms with Crippen molar-refractivity contribution in [2.75, 3.05) is 0 Å². The first-order valence-corrected chi connectivity index (χ1v) is 9.21. The predicted octanol–water partition coefficient (Wildman–Crippen LogP) is 5.28. The summed E-state index contributed by atoms with van der Waals surface area (Å²) < 4.78 is 7.34. The van der Waals surface area contributed by atoms with E-state index in [4.69, 9.17) is 9.84 Å². The second-order valence-corrected chi connectivity index (χ2v) is 7.86. The molecule has 2 aromatic carbocycles.